The van der Waals surface area contributed by atoms with E-state index in [1.54, 1.807) is 13.8 Å². The first kappa shape index (κ1) is 14.8. The summed E-state index contributed by atoms with van der Waals surface area (Å²) in [5.74, 6) is 0. The van der Waals surface area contributed by atoms with Crippen LogP contribution in [-0.4, -0.2) is 29.4 Å². The first-order valence-electron chi connectivity index (χ1n) is 5.95. The summed E-state index contributed by atoms with van der Waals surface area (Å²) in [6, 6.07) is 8.54. The monoisotopic (exact) mass is 266 g/mol. The van der Waals surface area contributed by atoms with E-state index >= 15 is 0 Å². The molecule has 0 saturated carbocycles. The highest BCUT2D eigenvalue weighted by atomic mass is 16.5. The quantitative estimate of drug-likeness (QED) is 0.760. The summed E-state index contributed by atoms with van der Waals surface area (Å²) in [6.45, 7) is 3.54. The van der Waals surface area contributed by atoms with Crippen molar-refractivity contribution >= 4 is 12.2 Å². The first-order chi connectivity index (χ1) is 8.99. The van der Waals surface area contributed by atoms with Gasteiger partial charge < -0.3 is 20.5 Å². The van der Waals surface area contributed by atoms with Gasteiger partial charge in [-0.25, -0.2) is 9.59 Å². The molecule has 0 fully saturated rings. The summed E-state index contributed by atoms with van der Waals surface area (Å²) in [5.41, 5.74) is 0.891. The van der Waals surface area contributed by atoms with Crippen LogP contribution >= 0.6 is 0 Å². The molecule has 1 aromatic rings. The van der Waals surface area contributed by atoms with Gasteiger partial charge in [-0.15, -0.1) is 0 Å². The topological polar surface area (TPSA) is 87.7 Å². The van der Waals surface area contributed by atoms with E-state index in [1.807, 2.05) is 30.3 Å². The van der Waals surface area contributed by atoms with Crippen LogP contribution in [0.5, 0.6) is 0 Å². The fourth-order valence-electron chi connectivity index (χ4n) is 1.40. The number of carbonyl (C=O) groups excluding carboxylic acids is 1. The molecule has 0 bridgehead atoms. The number of hydrogen-bond acceptors (Lipinski definition) is 3. The number of ether oxygens (including phenoxy) is 1. The number of carboxylic acid groups (broad SMARTS) is 1. The van der Waals surface area contributed by atoms with E-state index in [2.05, 4.69) is 10.6 Å². The second-order valence-corrected chi connectivity index (χ2v) is 4.23. The molecular weight excluding hydrogens is 248 g/mol. The highest BCUT2D eigenvalue weighted by molar-refractivity contribution is 5.68. The molecule has 0 aliphatic carbocycles. The van der Waals surface area contributed by atoms with Crippen LogP contribution in [0.15, 0.2) is 30.3 Å². The van der Waals surface area contributed by atoms with Gasteiger partial charge in [-0.05, 0) is 19.4 Å². The molecule has 2 atom stereocenters. The molecule has 1 unspecified atom stereocenters. The van der Waals surface area contributed by atoms with Gasteiger partial charge in [-0.1, -0.05) is 30.3 Å². The molecule has 104 valence electrons. The second kappa shape index (κ2) is 7.25. The summed E-state index contributed by atoms with van der Waals surface area (Å²) >= 11 is 0. The van der Waals surface area contributed by atoms with Crippen LogP contribution in [-0.2, 0) is 11.3 Å². The minimum absolute atomic E-state index is 0.181. The van der Waals surface area contributed by atoms with Gasteiger partial charge in [-0.3, -0.25) is 0 Å². The van der Waals surface area contributed by atoms with Crippen molar-refractivity contribution in [2.75, 3.05) is 0 Å². The molecule has 1 aromatic carbocycles. The zero-order chi connectivity index (χ0) is 14.3. The zero-order valence-electron chi connectivity index (χ0n) is 10.9. The average molecular weight is 266 g/mol. The van der Waals surface area contributed by atoms with E-state index in [4.69, 9.17) is 9.84 Å². The molecule has 0 radical (unpaired) electrons. The van der Waals surface area contributed by atoms with Gasteiger partial charge >= 0.3 is 12.2 Å². The lowest BCUT2D eigenvalue weighted by Gasteiger charge is -2.20. The van der Waals surface area contributed by atoms with E-state index in [1.165, 1.54) is 0 Å². The molecule has 1 rings (SSSR count). The van der Waals surface area contributed by atoms with Crippen LogP contribution in [0.1, 0.15) is 19.4 Å². The van der Waals surface area contributed by atoms with Crippen LogP contribution in [0.25, 0.3) is 0 Å². The van der Waals surface area contributed by atoms with Crippen molar-refractivity contribution in [2.24, 2.45) is 0 Å². The summed E-state index contributed by atoms with van der Waals surface area (Å²) < 4.78 is 5.03. The van der Waals surface area contributed by atoms with Gasteiger partial charge in [0, 0.05) is 12.1 Å². The molecule has 3 N–H and O–H groups in total. The van der Waals surface area contributed by atoms with Crippen molar-refractivity contribution in [3.63, 3.8) is 0 Å². The highest BCUT2D eigenvalue weighted by Crippen LogP contribution is 2.01. The molecule has 0 aliphatic rings. The number of rotatable bonds is 5. The zero-order valence-corrected chi connectivity index (χ0v) is 10.9. The Morgan fingerprint density at radius 1 is 1.16 bits per heavy atom. The summed E-state index contributed by atoms with van der Waals surface area (Å²) in [4.78, 5) is 22.0. The van der Waals surface area contributed by atoms with Gasteiger partial charge in [-0.2, -0.15) is 0 Å². The highest BCUT2D eigenvalue weighted by Gasteiger charge is 2.16. The lowest BCUT2D eigenvalue weighted by molar-refractivity contribution is 0.133. The Morgan fingerprint density at radius 2 is 1.74 bits per heavy atom. The molecule has 0 aromatic heterocycles. The summed E-state index contributed by atoms with van der Waals surface area (Å²) in [5, 5.41) is 13.4. The van der Waals surface area contributed by atoms with Gasteiger partial charge in [0.2, 0.25) is 0 Å². The SMILES string of the molecule is CC(NC(=O)OCc1ccccc1)[C@H](C)NC(=O)O. The summed E-state index contributed by atoms with van der Waals surface area (Å²) in [6.07, 6.45) is -1.70. The Kier molecular flexibility index (Phi) is 5.66. The number of alkyl carbamates (subject to hydrolysis) is 1. The van der Waals surface area contributed by atoms with Crippen molar-refractivity contribution in [3.8, 4) is 0 Å². The van der Waals surface area contributed by atoms with Crippen LogP contribution in [0.3, 0.4) is 0 Å². The standard InChI is InChI=1S/C13H18N2O4/c1-9(14-12(16)17)10(2)15-13(18)19-8-11-6-4-3-5-7-11/h3-7,9-10,14H,8H2,1-2H3,(H,15,18)(H,16,17)/t9-,10?/m0/s1. The third-order valence-corrected chi connectivity index (χ3v) is 2.66. The van der Waals surface area contributed by atoms with Crippen LogP contribution in [0, 0.1) is 0 Å². The first-order valence-corrected chi connectivity index (χ1v) is 5.95. The maximum atomic E-state index is 11.5. The lowest BCUT2D eigenvalue weighted by atomic mass is 10.2. The maximum Gasteiger partial charge on any atom is 0.407 e. The van der Waals surface area contributed by atoms with E-state index < -0.39 is 18.2 Å². The Bertz CT molecular complexity index is 422. The number of benzene rings is 1. The lowest BCUT2D eigenvalue weighted by Crippen LogP contribution is -2.48. The predicted octanol–water partition coefficient (Wildman–Crippen LogP) is 1.96. The minimum Gasteiger partial charge on any atom is -0.465 e. The van der Waals surface area contributed by atoms with Gasteiger partial charge in [0.15, 0.2) is 0 Å². The van der Waals surface area contributed by atoms with Crippen molar-refractivity contribution < 1.29 is 19.4 Å². The third kappa shape index (κ3) is 5.76. The molecule has 0 aliphatic heterocycles. The molecule has 0 saturated heterocycles. The maximum absolute atomic E-state index is 11.5. The Hall–Kier alpha value is -2.24. The molecule has 6 heteroatoms. The summed E-state index contributed by atoms with van der Waals surface area (Å²) in [7, 11) is 0. The predicted molar refractivity (Wildman–Crippen MR) is 69.8 cm³/mol. The number of carbonyl (C=O) groups is 2. The molecule has 0 spiro atoms. The number of amides is 2. The number of hydrogen-bond donors (Lipinski definition) is 3. The van der Waals surface area contributed by atoms with E-state index in [9.17, 15) is 9.59 Å². The molecule has 2 amide bonds. The minimum atomic E-state index is -1.13. The fraction of sp³-hybridized carbons (Fsp3) is 0.385. The smallest absolute Gasteiger partial charge is 0.407 e. The largest absolute Gasteiger partial charge is 0.465 e. The van der Waals surface area contributed by atoms with Gasteiger partial charge in [0.05, 0.1) is 0 Å². The van der Waals surface area contributed by atoms with Crippen molar-refractivity contribution in [2.45, 2.75) is 32.5 Å². The molecule has 6 nitrogen and oxygen atoms in total. The second-order valence-electron chi connectivity index (χ2n) is 4.23. The van der Waals surface area contributed by atoms with Crippen LogP contribution in [0.4, 0.5) is 9.59 Å². The van der Waals surface area contributed by atoms with E-state index in [-0.39, 0.29) is 12.6 Å². The van der Waals surface area contributed by atoms with Gasteiger partial charge in [0.25, 0.3) is 0 Å². The Labute approximate surface area is 111 Å². The van der Waals surface area contributed by atoms with E-state index in [0.717, 1.165) is 5.56 Å². The Morgan fingerprint density at radius 3 is 2.32 bits per heavy atom. The van der Waals surface area contributed by atoms with E-state index in [0.29, 0.717) is 0 Å². The molecular formula is C13H18N2O4. The normalized spacial score (nSPS) is 13.2. The average Bonchev–Trinajstić information content (AvgIpc) is 2.36. The number of nitrogens with one attached hydrogen (secondary N) is 2. The van der Waals surface area contributed by atoms with Crippen molar-refractivity contribution in [1.29, 1.82) is 0 Å². The molecule has 0 heterocycles. The van der Waals surface area contributed by atoms with Crippen molar-refractivity contribution in [1.82, 2.24) is 10.6 Å². The van der Waals surface area contributed by atoms with Crippen molar-refractivity contribution in [3.05, 3.63) is 35.9 Å². The third-order valence-electron chi connectivity index (χ3n) is 2.66. The fourth-order valence-corrected chi connectivity index (χ4v) is 1.40. The van der Waals surface area contributed by atoms with Crippen LogP contribution in [0.2, 0.25) is 0 Å². The Balaban J connectivity index is 2.32. The van der Waals surface area contributed by atoms with Crippen LogP contribution < -0.4 is 10.6 Å². The molecule has 19 heavy (non-hydrogen) atoms. The van der Waals surface area contributed by atoms with Gasteiger partial charge in [0.1, 0.15) is 6.61 Å².